The van der Waals surface area contributed by atoms with E-state index in [0.717, 1.165) is 42.0 Å². The molecule has 0 aliphatic heterocycles. The second-order valence-corrected chi connectivity index (χ2v) is 7.21. The van der Waals surface area contributed by atoms with Crippen LogP contribution in [0.5, 0.6) is 5.75 Å². The molecule has 3 fully saturated rings. The van der Waals surface area contributed by atoms with Gasteiger partial charge < -0.3 is 10.1 Å². The molecule has 0 saturated heterocycles. The second-order valence-electron chi connectivity index (χ2n) is 7.21. The first kappa shape index (κ1) is 12.7. The van der Waals surface area contributed by atoms with Crippen molar-refractivity contribution in [3.8, 4) is 5.75 Å². The van der Waals surface area contributed by atoms with Gasteiger partial charge in [0.2, 0.25) is 0 Å². The molecule has 1 aromatic carbocycles. The molecule has 4 rings (SSSR count). The number of benzene rings is 1. The van der Waals surface area contributed by atoms with Gasteiger partial charge in [0.15, 0.2) is 0 Å². The summed E-state index contributed by atoms with van der Waals surface area (Å²) in [4.78, 5) is 0. The number of ether oxygens (including phenoxy) is 1. The van der Waals surface area contributed by atoms with E-state index in [0.29, 0.717) is 0 Å². The Morgan fingerprint density at radius 2 is 1.95 bits per heavy atom. The average molecular weight is 271 g/mol. The van der Waals surface area contributed by atoms with Gasteiger partial charge in [-0.3, -0.25) is 0 Å². The van der Waals surface area contributed by atoms with Crippen LogP contribution in [0, 0.1) is 23.7 Å². The third kappa shape index (κ3) is 2.14. The zero-order chi connectivity index (χ0) is 13.7. The van der Waals surface area contributed by atoms with Gasteiger partial charge in [-0.1, -0.05) is 12.1 Å². The molecule has 0 radical (unpaired) electrons. The first-order valence-corrected chi connectivity index (χ1v) is 8.21. The summed E-state index contributed by atoms with van der Waals surface area (Å²) in [5.74, 6) is 5.14. The predicted octanol–water partition coefficient (Wildman–Crippen LogP) is 3.61. The van der Waals surface area contributed by atoms with Gasteiger partial charge in [-0.15, -0.1) is 0 Å². The molecule has 4 atom stereocenters. The SMILES string of the molecule is CC(C)Oc1cccc(CNC2C3C4CCC(C4)C23)c1. The Labute approximate surface area is 121 Å². The van der Waals surface area contributed by atoms with Gasteiger partial charge in [-0.05, 0) is 74.5 Å². The van der Waals surface area contributed by atoms with Gasteiger partial charge in [0.05, 0.1) is 6.10 Å². The molecule has 3 aliphatic carbocycles. The lowest BCUT2D eigenvalue weighted by atomic mass is 10.0. The van der Waals surface area contributed by atoms with E-state index in [1.165, 1.54) is 24.8 Å². The van der Waals surface area contributed by atoms with Crippen LogP contribution in [0.3, 0.4) is 0 Å². The van der Waals surface area contributed by atoms with Crippen molar-refractivity contribution in [3.05, 3.63) is 29.8 Å². The topological polar surface area (TPSA) is 21.3 Å². The normalized spacial score (nSPS) is 37.2. The minimum absolute atomic E-state index is 0.247. The summed E-state index contributed by atoms with van der Waals surface area (Å²) in [6.07, 6.45) is 4.78. The molecule has 4 unspecified atom stereocenters. The largest absolute Gasteiger partial charge is 0.491 e. The second kappa shape index (κ2) is 4.77. The molecule has 1 N–H and O–H groups in total. The van der Waals surface area contributed by atoms with E-state index < -0.39 is 0 Å². The Morgan fingerprint density at radius 1 is 1.20 bits per heavy atom. The molecular weight excluding hydrogens is 246 g/mol. The van der Waals surface area contributed by atoms with Crippen molar-refractivity contribution in [2.45, 2.75) is 51.8 Å². The molecule has 2 bridgehead atoms. The maximum absolute atomic E-state index is 5.77. The summed E-state index contributed by atoms with van der Waals surface area (Å²) in [6, 6.07) is 9.35. The lowest BCUT2D eigenvalue weighted by Gasteiger charge is -2.13. The van der Waals surface area contributed by atoms with E-state index in [2.05, 4.69) is 43.4 Å². The third-order valence-electron chi connectivity index (χ3n) is 5.55. The molecule has 0 amide bonds. The van der Waals surface area contributed by atoms with Crippen LogP contribution in [0.15, 0.2) is 24.3 Å². The van der Waals surface area contributed by atoms with Crippen LogP contribution in [0.25, 0.3) is 0 Å². The van der Waals surface area contributed by atoms with Crippen LogP contribution >= 0.6 is 0 Å². The molecule has 0 heterocycles. The molecule has 20 heavy (non-hydrogen) atoms. The van der Waals surface area contributed by atoms with Gasteiger partial charge in [0.25, 0.3) is 0 Å². The first-order valence-electron chi connectivity index (χ1n) is 8.21. The Bertz CT molecular complexity index is 482. The van der Waals surface area contributed by atoms with Gasteiger partial charge in [0.1, 0.15) is 5.75 Å². The Balaban J connectivity index is 1.34. The quantitative estimate of drug-likeness (QED) is 0.883. The highest BCUT2D eigenvalue weighted by Crippen LogP contribution is 2.65. The summed E-state index contributed by atoms with van der Waals surface area (Å²) in [5, 5.41) is 3.80. The minimum Gasteiger partial charge on any atom is -0.491 e. The van der Waals surface area contributed by atoms with Crippen molar-refractivity contribution in [1.82, 2.24) is 5.32 Å². The Hall–Kier alpha value is -1.02. The first-order chi connectivity index (χ1) is 9.72. The fraction of sp³-hybridized carbons (Fsp3) is 0.667. The lowest BCUT2D eigenvalue weighted by molar-refractivity contribution is 0.242. The summed E-state index contributed by atoms with van der Waals surface area (Å²) in [7, 11) is 0. The maximum atomic E-state index is 5.77. The summed E-state index contributed by atoms with van der Waals surface area (Å²) in [6.45, 7) is 5.14. The molecule has 108 valence electrons. The highest BCUT2D eigenvalue weighted by atomic mass is 16.5. The molecular formula is C18H25NO. The zero-order valence-electron chi connectivity index (χ0n) is 12.5. The third-order valence-corrected chi connectivity index (χ3v) is 5.55. The Kier molecular flexibility index (Phi) is 3.03. The van der Waals surface area contributed by atoms with E-state index in [4.69, 9.17) is 4.74 Å². The smallest absolute Gasteiger partial charge is 0.120 e. The van der Waals surface area contributed by atoms with Crippen LogP contribution in [0.4, 0.5) is 0 Å². The monoisotopic (exact) mass is 271 g/mol. The van der Waals surface area contributed by atoms with Crippen molar-refractivity contribution in [2.75, 3.05) is 0 Å². The van der Waals surface area contributed by atoms with Crippen molar-refractivity contribution in [2.24, 2.45) is 23.7 Å². The van der Waals surface area contributed by atoms with Crippen molar-refractivity contribution in [3.63, 3.8) is 0 Å². The highest BCUT2D eigenvalue weighted by Gasteiger charge is 2.64. The predicted molar refractivity (Wildman–Crippen MR) is 80.6 cm³/mol. The number of fused-ring (bicyclic) bond motifs is 5. The molecule has 2 heteroatoms. The van der Waals surface area contributed by atoms with Gasteiger partial charge in [0, 0.05) is 12.6 Å². The van der Waals surface area contributed by atoms with E-state index in [9.17, 15) is 0 Å². The van der Waals surface area contributed by atoms with E-state index in [-0.39, 0.29) is 6.10 Å². The average Bonchev–Trinajstić information content (AvgIpc) is 2.80. The van der Waals surface area contributed by atoms with Crippen LogP contribution < -0.4 is 10.1 Å². The number of rotatable bonds is 5. The lowest BCUT2D eigenvalue weighted by Crippen LogP contribution is -2.22. The fourth-order valence-electron chi connectivity index (χ4n) is 4.83. The number of nitrogens with one attached hydrogen (secondary N) is 1. The molecule has 3 saturated carbocycles. The Morgan fingerprint density at radius 3 is 2.65 bits per heavy atom. The van der Waals surface area contributed by atoms with E-state index >= 15 is 0 Å². The van der Waals surface area contributed by atoms with E-state index in [1.807, 2.05) is 0 Å². The van der Waals surface area contributed by atoms with Crippen molar-refractivity contribution in [1.29, 1.82) is 0 Å². The summed E-state index contributed by atoms with van der Waals surface area (Å²) >= 11 is 0. The van der Waals surface area contributed by atoms with E-state index in [1.54, 1.807) is 0 Å². The molecule has 0 spiro atoms. The van der Waals surface area contributed by atoms with Crippen LogP contribution in [0.1, 0.15) is 38.7 Å². The molecule has 2 nitrogen and oxygen atoms in total. The van der Waals surface area contributed by atoms with Gasteiger partial charge in [-0.2, -0.15) is 0 Å². The van der Waals surface area contributed by atoms with Crippen molar-refractivity contribution < 1.29 is 4.74 Å². The van der Waals surface area contributed by atoms with Crippen molar-refractivity contribution >= 4 is 0 Å². The standard InChI is InChI=1S/C18H25NO/c1-11(2)20-15-5-3-4-12(8-15)10-19-18-16-13-6-7-14(9-13)17(16)18/h3-5,8,11,13-14,16-19H,6-7,9-10H2,1-2H3. The molecule has 3 aliphatic rings. The van der Waals surface area contributed by atoms with Crippen LogP contribution in [-0.4, -0.2) is 12.1 Å². The van der Waals surface area contributed by atoms with Crippen LogP contribution in [-0.2, 0) is 6.54 Å². The number of hydrogen-bond acceptors (Lipinski definition) is 2. The summed E-state index contributed by atoms with van der Waals surface area (Å²) < 4.78 is 5.77. The molecule has 1 aromatic rings. The number of hydrogen-bond donors (Lipinski definition) is 1. The minimum atomic E-state index is 0.247. The van der Waals surface area contributed by atoms with Crippen LogP contribution in [0.2, 0.25) is 0 Å². The van der Waals surface area contributed by atoms with Gasteiger partial charge in [-0.25, -0.2) is 0 Å². The molecule has 0 aromatic heterocycles. The summed E-state index contributed by atoms with van der Waals surface area (Å²) in [5.41, 5.74) is 1.35. The van der Waals surface area contributed by atoms with Gasteiger partial charge >= 0.3 is 0 Å². The fourth-order valence-corrected chi connectivity index (χ4v) is 4.83. The zero-order valence-corrected chi connectivity index (χ0v) is 12.5. The maximum Gasteiger partial charge on any atom is 0.120 e. The highest BCUT2D eigenvalue weighted by molar-refractivity contribution is 5.29.